The van der Waals surface area contributed by atoms with Crippen LogP contribution in [0.1, 0.15) is 12.8 Å². The molecule has 18 heavy (non-hydrogen) atoms. The zero-order valence-electron chi connectivity index (χ0n) is 10.7. The molecule has 0 bridgehead atoms. The molecule has 1 aromatic heterocycles. The smallest absolute Gasteiger partial charge is 0.299 e. The maximum absolute atomic E-state index is 11.8. The molecule has 0 spiro atoms. The Hall–Kier alpha value is -1.12. The minimum Gasteiger partial charge on any atom is -0.306 e. The van der Waals surface area contributed by atoms with Gasteiger partial charge in [0.15, 0.2) is 0 Å². The van der Waals surface area contributed by atoms with Gasteiger partial charge in [-0.1, -0.05) is 0 Å². The van der Waals surface area contributed by atoms with Crippen LogP contribution in [0, 0.1) is 0 Å². The average Bonchev–Trinajstić information content (AvgIpc) is 2.66. The fourth-order valence-electron chi connectivity index (χ4n) is 2.32. The summed E-state index contributed by atoms with van der Waals surface area (Å²) >= 11 is 0. The summed E-state index contributed by atoms with van der Waals surface area (Å²) in [6.07, 6.45) is 4.76. The first-order valence-electron chi connectivity index (χ1n) is 5.87. The summed E-state index contributed by atoms with van der Waals surface area (Å²) in [5.41, 5.74) is 0.537. The molecule has 2 rings (SSSR count). The van der Waals surface area contributed by atoms with Crippen LogP contribution in [0.5, 0.6) is 0 Å². The van der Waals surface area contributed by atoms with Crippen LogP contribution in [0.2, 0.25) is 0 Å². The summed E-state index contributed by atoms with van der Waals surface area (Å²) in [7, 11) is 0.0186. The zero-order chi connectivity index (χ0) is 13.3. The van der Waals surface area contributed by atoms with Gasteiger partial charge in [-0.3, -0.25) is 8.99 Å². The molecule has 0 radical (unpaired) electrons. The molecule has 0 unspecified atom stereocenters. The number of rotatable bonds is 3. The minimum absolute atomic E-state index is 0.0830. The summed E-state index contributed by atoms with van der Waals surface area (Å²) in [5.74, 6) is 0. The van der Waals surface area contributed by atoms with Crippen LogP contribution >= 0.6 is 0 Å². The molecule has 1 aromatic rings. The van der Waals surface area contributed by atoms with E-state index in [4.69, 9.17) is 5.14 Å². The Kier molecular flexibility index (Phi) is 3.60. The number of aromatic nitrogens is 2. The maximum Gasteiger partial charge on any atom is 0.299 e. The molecule has 2 heterocycles. The number of aryl methyl sites for hydroxylation is 1. The van der Waals surface area contributed by atoms with Crippen molar-refractivity contribution in [3.63, 3.8) is 0 Å². The predicted octanol–water partition coefficient (Wildman–Crippen LogP) is -0.476. The van der Waals surface area contributed by atoms with E-state index in [0.717, 1.165) is 25.9 Å². The Bertz CT molecular complexity index is 504. The highest BCUT2D eigenvalue weighted by Crippen LogP contribution is 2.24. The lowest BCUT2D eigenvalue weighted by Gasteiger charge is -2.35. The lowest BCUT2D eigenvalue weighted by molar-refractivity contribution is 0.257. The van der Waals surface area contributed by atoms with Crippen molar-refractivity contribution in [3.8, 4) is 0 Å². The highest BCUT2D eigenvalue weighted by molar-refractivity contribution is 7.90. The Morgan fingerprint density at radius 1 is 1.39 bits per heavy atom. The molecule has 0 aromatic carbocycles. The van der Waals surface area contributed by atoms with Gasteiger partial charge in [0.05, 0.1) is 11.9 Å². The normalized spacial score (nSPS) is 19.1. The highest BCUT2D eigenvalue weighted by Gasteiger charge is 2.30. The van der Waals surface area contributed by atoms with Crippen molar-refractivity contribution in [1.82, 2.24) is 14.7 Å². The van der Waals surface area contributed by atoms with Crippen LogP contribution in [-0.4, -0.2) is 49.3 Å². The molecule has 1 aliphatic heterocycles. The van der Waals surface area contributed by atoms with Crippen LogP contribution in [0.3, 0.4) is 0 Å². The second-order valence-corrected chi connectivity index (χ2v) is 6.17. The predicted molar refractivity (Wildman–Crippen MR) is 69.3 cm³/mol. The molecule has 7 nitrogen and oxygen atoms in total. The molecule has 102 valence electrons. The number of piperidine rings is 1. The van der Waals surface area contributed by atoms with Crippen LogP contribution in [0.15, 0.2) is 12.4 Å². The van der Waals surface area contributed by atoms with Crippen LogP contribution < -0.4 is 9.44 Å². The third-order valence-corrected chi connectivity index (χ3v) is 4.30. The van der Waals surface area contributed by atoms with Gasteiger partial charge >= 0.3 is 0 Å². The van der Waals surface area contributed by atoms with E-state index in [9.17, 15) is 8.42 Å². The first-order valence-corrected chi connectivity index (χ1v) is 7.37. The van der Waals surface area contributed by atoms with Crippen molar-refractivity contribution in [3.05, 3.63) is 12.4 Å². The van der Waals surface area contributed by atoms with Gasteiger partial charge in [-0.05, 0) is 33.0 Å². The Morgan fingerprint density at radius 3 is 2.44 bits per heavy atom. The van der Waals surface area contributed by atoms with Gasteiger partial charge in [-0.25, -0.2) is 5.14 Å². The van der Waals surface area contributed by atoms with E-state index in [1.807, 2.05) is 7.05 Å². The lowest BCUT2D eigenvalue weighted by Crippen LogP contribution is -2.49. The van der Waals surface area contributed by atoms with E-state index in [1.54, 1.807) is 17.9 Å². The second-order valence-electron chi connectivity index (χ2n) is 4.75. The summed E-state index contributed by atoms with van der Waals surface area (Å²) in [6.45, 7) is 1.74. The fraction of sp³-hybridized carbons (Fsp3) is 0.700. The number of nitrogens with two attached hydrogens (primary N) is 1. The van der Waals surface area contributed by atoms with Crippen LogP contribution in [-0.2, 0) is 17.3 Å². The van der Waals surface area contributed by atoms with Crippen molar-refractivity contribution in [2.45, 2.75) is 18.9 Å². The molecular weight excluding hydrogens is 254 g/mol. The zero-order valence-corrected chi connectivity index (χ0v) is 11.5. The van der Waals surface area contributed by atoms with Crippen LogP contribution in [0.4, 0.5) is 5.69 Å². The van der Waals surface area contributed by atoms with Crippen LogP contribution in [0.25, 0.3) is 0 Å². The Balaban J connectivity index is 2.27. The van der Waals surface area contributed by atoms with E-state index >= 15 is 0 Å². The van der Waals surface area contributed by atoms with Gasteiger partial charge in [-0.15, -0.1) is 0 Å². The summed E-state index contributed by atoms with van der Waals surface area (Å²) in [4.78, 5) is 2.18. The quantitative estimate of drug-likeness (QED) is 0.806. The third kappa shape index (κ3) is 2.82. The van der Waals surface area contributed by atoms with Gasteiger partial charge in [0.1, 0.15) is 0 Å². The van der Waals surface area contributed by atoms with Gasteiger partial charge in [0, 0.05) is 19.3 Å². The van der Waals surface area contributed by atoms with Crippen molar-refractivity contribution in [2.75, 3.05) is 24.4 Å². The van der Waals surface area contributed by atoms with Crippen molar-refractivity contribution >= 4 is 15.9 Å². The van der Waals surface area contributed by atoms with E-state index in [-0.39, 0.29) is 6.04 Å². The molecule has 2 N–H and O–H groups in total. The van der Waals surface area contributed by atoms with Crippen molar-refractivity contribution < 1.29 is 8.42 Å². The number of hydrogen-bond donors (Lipinski definition) is 1. The monoisotopic (exact) mass is 273 g/mol. The summed E-state index contributed by atoms with van der Waals surface area (Å²) < 4.78 is 26.4. The standard InChI is InChI=1S/C10H19N5O2S/c1-13-5-3-9(4-6-13)15(18(11,16)17)10-7-12-14(2)8-10/h7-9H,3-6H2,1-2H3,(H2,11,16,17). The summed E-state index contributed by atoms with van der Waals surface area (Å²) in [6, 6.07) is -0.0830. The van der Waals surface area contributed by atoms with Gasteiger partial charge < -0.3 is 4.90 Å². The van der Waals surface area contributed by atoms with E-state index in [2.05, 4.69) is 10.00 Å². The first-order chi connectivity index (χ1) is 8.38. The van der Waals surface area contributed by atoms with Crippen molar-refractivity contribution in [1.29, 1.82) is 0 Å². The van der Waals surface area contributed by atoms with E-state index in [1.165, 1.54) is 10.5 Å². The second kappa shape index (κ2) is 4.87. The Morgan fingerprint density at radius 2 is 2.00 bits per heavy atom. The highest BCUT2D eigenvalue weighted by atomic mass is 32.2. The van der Waals surface area contributed by atoms with E-state index < -0.39 is 10.2 Å². The number of likely N-dealkylation sites (tertiary alicyclic amines) is 1. The molecular formula is C10H19N5O2S. The minimum atomic E-state index is -3.76. The number of anilines is 1. The topological polar surface area (TPSA) is 84.5 Å². The summed E-state index contributed by atoms with van der Waals surface area (Å²) in [5, 5.41) is 9.34. The number of nitrogens with zero attached hydrogens (tertiary/aromatic N) is 4. The molecule has 0 aliphatic carbocycles. The van der Waals surface area contributed by atoms with E-state index in [0.29, 0.717) is 5.69 Å². The van der Waals surface area contributed by atoms with Gasteiger partial charge in [-0.2, -0.15) is 13.5 Å². The largest absolute Gasteiger partial charge is 0.306 e. The lowest BCUT2D eigenvalue weighted by atomic mass is 10.1. The SMILES string of the molecule is CN1CCC(N(c2cnn(C)c2)S(N)(=O)=O)CC1. The Labute approximate surface area is 107 Å². The molecule has 0 amide bonds. The molecule has 0 saturated carbocycles. The maximum atomic E-state index is 11.8. The molecule has 0 atom stereocenters. The van der Waals surface area contributed by atoms with Gasteiger partial charge in [0.2, 0.25) is 0 Å². The number of hydrogen-bond acceptors (Lipinski definition) is 4. The fourth-order valence-corrected chi connectivity index (χ4v) is 3.33. The van der Waals surface area contributed by atoms with Gasteiger partial charge in [0.25, 0.3) is 10.2 Å². The molecule has 1 fully saturated rings. The average molecular weight is 273 g/mol. The molecule has 1 saturated heterocycles. The van der Waals surface area contributed by atoms with Crippen molar-refractivity contribution in [2.24, 2.45) is 12.2 Å². The first kappa shape index (κ1) is 13.3. The third-order valence-electron chi connectivity index (χ3n) is 3.24. The molecule has 8 heteroatoms. The molecule has 1 aliphatic rings.